The molecule has 1 fully saturated rings. The second kappa shape index (κ2) is 6.43. The molecule has 0 saturated carbocycles. The van der Waals surface area contributed by atoms with E-state index >= 15 is 0 Å². The van der Waals surface area contributed by atoms with Gasteiger partial charge < -0.3 is 14.1 Å². The molecule has 1 atom stereocenters. The molecule has 4 heteroatoms. The molecule has 4 rings (SSSR count). The molecule has 1 aromatic heterocycles. The summed E-state index contributed by atoms with van der Waals surface area (Å²) in [7, 11) is 0. The molecule has 0 unspecified atom stereocenters. The molecule has 0 aliphatic carbocycles. The summed E-state index contributed by atoms with van der Waals surface area (Å²) in [6.45, 7) is 5.74. The zero-order chi connectivity index (χ0) is 17.4. The van der Waals surface area contributed by atoms with Crippen molar-refractivity contribution in [2.45, 2.75) is 32.8 Å². The van der Waals surface area contributed by atoms with Crippen LogP contribution in [-0.2, 0) is 4.79 Å². The van der Waals surface area contributed by atoms with Crippen LogP contribution in [0.2, 0.25) is 0 Å². The lowest BCUT2D eigenvalue weighted by atomic mass is 9.99. The highest BCUT2D eigenvalue weighted by Crippen LogP contribution is 2.31. The molecular formula is C21H23NO3. The van der Waals surface area contributed by atoms with Crippen molar-refractivity contribution in [1.29, 1.82) is 0 Å². The van der Waals surface area contributed by atoms with Crippen LogP contribution in [0.3, 0.4) is 0 Å². The van der Waals surface area contributed by atoms with Crippen LogP contribution >= 0.6 is 0 Å². The molecule has 4 nitrogen and oxygen atoms in total. The van der Waals surface area contributed by atoms with E-state index in [4.69, 9.17) is 9.15 Å². The zero-order valence-corrected chi connectivity index (χ0v) is 14.7. The average molecular weight is 337 g/mol. The summed E-state index contributed by atoms with van der Waals surface area (Å²) in [5.41, 5.74) is 1.69. The highest BCUT2D eigenvalue weighted by Gasteiger charge is 2.25. The van der Waals surface area contributed by atoms with E-state index in [1.807, 2.05) is 54.3 Å². The summed E-state index contributed by atoms with van der Waals surface area (Å²) < 4.78 is 11.8. The predicted octanol–water partition coefficient (Wildman–Crippen LogP) is 4.61. The third-order valence-corrected chi connectivity index (χ3v) is 5.10. The van der Waals surface area contributed by atoms with Gasteiger partial charge in [0.1, 0.15) is 16.9 Å². The minimum Gasteiger partial charge on any atom is -0.481 e. The number of hydrogen-bond donors (Lipinski definition) is 0. The van der Waals surface area contributed by atoms with Crippen LogP contribution in [0.5, 0.6) is 5.75 Å². The highest BCUT2D eigenvalue weighted by atomic mass is 16.5. The second-order valence-corrected chi connectivity index (χ2v) is 7.02. The van der Waals surface area contributed by atoms with Gasteiger partial charge in [0.05, 0.1) is 0 Å². The van der Waals surface area contributed by atoms with Gasteiger partial charge in [0.15, 0.2) is 6.10 Å². The van der Waals surface area contributed by atoms with Gasteiger partial charge in [-0.05, 0) is 49.9 Å². The van der Waals surface area contributed by atoms with Crippen molar-refractivity contribution in [2.75, 3.05) is 13.1 Å². The number of hydrogen-bond acceptors (Lipinski definition) is 3. The van der Waals surface area contributed by atoms with Gasteiger partial charge in [-0.15, -0.1) is 0 Å². The molecule has 2 aromatic carbocycles. The lowest BCUT2D eigenvalue weighted by Crippen LogP contribution is -2.44. The van der Waals surface area contributed by atoms with Crippen molar-refractivity contribution < 1.29 is 13.9 Å². The molecule has 0 spiro atoms. The number of furan rings is 1. The van der Waals surface area contributed by atoms with Gasteiger partial charge >= 0.3 is 0 Å². The lowest BCUT2D eigenvalue weighted by molar-refractivity contribution is -0.139. The fraction of sp³-hybridized carbons (Fsp3) is 0.381. The normalized spacial score (nSPS) is 17.1. The molecule has 1 aliphatic heterocycles. The number of benzene rings is 2. The van der Waals surface area contributed by atoms with Gasteiger partial charge in [-0.25, -0.2) is 0 Å². The van der Waals surface area contributed by atoms with Crippen LogP contribution in [-0.4, -0.2) is 30.0 Å². The maximum atomic E-state index is 12.6. The lowest BCUT2D eigenvalue weighted by Gasteiger charge is -2.32. The SMILES string of the molecule is CC1CCN(C(=O)[C@H](C)Oc2ccc3oc4ccccc4c3c2)CC1. The fourth-order valence-electron chi connectivity index (χ4n) is 3.52. The predicted molar refractivity (Wildman–Crippen MR) is 98.8 cm³/mol. The smallest absolute Gasteiger partial charge is 0.263 e. The first kappa shape index (κ1) is 16.0. The Labute approximate surface area is 147 Å². The number of fused-ring (bicyclic) bond motifs is 3. The number of amides is 1. The molecule has 1 aliphatic rings. The molecule has 0 bridgehead atoms. The Balaban J connectivity index is 1.53. The van der Waals surface area contributed by atoms with Gasteiger partial charge in [-0.1, -0.05) is 25.1 Å². The van der Waals surface area contributed by atoms with Crippen molar-refractivity contribution in [2.24, 2.45) is 5.92 Å². The Morgan fingerprint density at radius 3 is 2.64 bits per heavy atom. The Hall–Kier alpha value is -2.49. The average Bonchev–Trinajstić information content (AvgIpc) is 3.00. The first-order valence-electron chi connectivity index (χ1n) is 8.98. The van der Waals surface area contributed by atoms with E-state index in [-0.39, 0.29) is 5.91 Å². The second-order valence-electron chi connectivity index (χ2n) is 7.02. The largest absolute Gasteiger partial charge is 0.481 e. The van der Waals surface area contributed by atoms with E-state index in [1.165, 1.54) is 0 Å². The van der Waals surface area contributed by atoms with Crippen molar-refractivity contribution in [1.82, 2.24) is 4.90 Å². The monoisotopic (exact) mass is 337 g/mol. The molecule has 0 N–H and O–H groups in total. The molecule has 1 saturated heterocycles. The first-order chi connectivity index (χ1) is 12.1. The maximum absolute atomic E-state index is 12.6. The van der Waals surface area contributed by atoms with Crippen LogP contribution in [0.25, 0.3) is 21.9 Å². The summed E-state index contributed by atoms with van der Waals surface area (Å²) in [4.78, 5) is 14.5. The standard InChI is InChI=1S/C21H23NO3/c1-14-9-11-22(12-10-14)21(23)15(2)24-16-7-8-20-18(13-16)17-5-3-4-6-19(17)25-20/h3-8,13-15H,9-12H2,1-2H3/t15-/m0/s1. The topological polar surface area (TPSA) is 42.7 Å². The molecule has 130 valence electrons. The first-order valence-corrected chi connectivity index (χ1v) is 8.98. The summed E-state index contributed by atoms with van der Waals surface area (Å²) in [5.74, 6) is 1.48. The van der Waals surface area contributed by atoms with Crippen molar-refractivity contribution >= 4 is 27.8 Å². The van der Waals surface area contributed by atoms with Gasteiger partial charge in [0, 0.05) is 23.9 Å². The summed E-state index contributed by atoms with van der Waals surface area (Å²) >= 11 is 0. The van der Waals surface area contributed by atoms with Crippen LogP contribution in [0.4, 0.5) is 0 Å². The van der Waals surface area contributed by atoms with Gasteiger partial charge in [-0.3, -0.25) is 4.79 Å². The third kappa shape index (κ3) is 3.09. The van der Waals surface area contributed by atoms with Gasteiger partial charge in [0.2, 0.25) is 0 Å². The van der Waals surface area contributed by atoms with E-state index in [0.717, 1.165) is 47.9 Å². The van der Waals surface area contributed by atoms with Gasteiger partial charge in [0.25, 0.3) is 5.91 Å². The van der Waals surface area contributed by atoms with Crippen molar-refractivity contribution in [3.05, 3.63) is 42.5 Å². The number of ether oxygens (including phenoxy) is 1. The quantitative estimate of drug-likeness (QED) is 0.701. The van der Waals surface area contributed by atoms with E-state index in [0.29, 0.717) is 11.7 Å². The number of likely N-dealkylation sites (tertiary alicyclic amines) is 1. The minimum absolute atomic E-state index is 0.0732. The van der Waals surface area contributed by atoms with E-state index < -0.39 is 6.10 Å². The fourth-order valence-corrected chi connectivity index (χ4v) is 3.52. The van der Waals surface area contributed by atoms with Crippen LogP contribution < -0.4 is 4.74 Å². The summed E-state index contributed by atoms with van der Waals surface area (Å²) in [6, 6.07) is 13.7. The minimum atomic E-state index is -0.482. The number of nitrogens with zero attached hydrogens (tertiary/aromatic N) is 1. The Bertz CT molecular complexity index is 906. The summed E-state index contributed by atoms with van der Waals surface area (Å²) in [5, 5.41) is 2.08. The summed E-state index contributed by atoms with van der Waals surface area (Å²) in [6.07, 6.45) is 1.67. The Morgan fingerprint density at radius 1 is 1.12 bits per heavy atom. The van der Waals surface area contributed by atoms with Crippen molar-refractivity contribution in [3.63, 3.8) is 0 Å². The molecular weight excluding hydrogens is 314 g/mol. The van der Waals surface area contributed by atoms with E-state index in [2.05, 4.69) is 6.92 Å². The van der Waals surface area contributed by atoms with Crippen molar-refractivity contribution in [3.8, 4) is 5.75 Å². The molecule has 2 heterocycles. The van der Waals surface area contributed by atoms with Crippen LogP contribution in [0.1, 0.15) is 26.7 Å². The third-order valence-electron chi connectivity index (χ3n) is 5.10. The number of rotatable bonds is 3. The van der Waals surface area contributed by atoms with E-state index in [1.54, 1.807) is 0 Å². The number of carbonyl (C=O) groups is 1. The Morgan fingerprint density at radius 2 is 1.84 bits per heavy atom. The molecule has 0 radical (unpaired) electrons. The van der Waals surface area contributed by atoms with Crippen LogP contribution in [0, 0.1) is 5.92 Å². The highest BCUT2D eigenvalue weighted by molar-refractivity contribution is 6.05. The Kier molecular flexibility index (Phi) is 4.12. The van der Waals surface area contributed by atoms with E-state index in [9.17, 15) is 4.79 Å². The number of para-hydroxylation sites is 1. The zero-order valence-electron chi connectivity index (χ0n) is 14.7. The number of piperidine rings is 1. The number of carbonyl (C=O) groups excluding carboxylic acids is 1. The van der Waals surface area contributed by atoms with Crippen LogP contribution in [0.15, 0.2) is 46.9 Å². The van der Waals surface area contributed by atoms with Gasteiger partial charge in [-0.2, -0.15) is 0 Å². The maximum Gasteiger partial charge on any atom is 0.263 e. The molecule has 25 heavy (non-hydrogen) atoms. The molecule has 1 amide bonds. The molecule has 3 aromatic rings.